The zero-order valence-electron chi connectivity index (χ0n) is 14.1. The van der Waals surface area contributed by atoms with E-state index in [2.05, 4.69) is 5.32 Å². The lowest BCUT2D eigenvalue weighted by molar-refractivity contribution is -0.136. The molecule has 1 saturated carbocycles. The van der Waals surface area contributed by atoms with Crippen LogP contribution in [-0.4, -0.2) is 47.2 Å². The number of nitrogens with zero attached hydrogens (tertiary/aromatic N) is 1. The van der Waals surface area contributed by atoms with Gasteiger partial charge in [-0.15, -0.1) is 0 Å². The molecule has 0 aromatic heterocycles. The van der Waals surface area contributed by atoms with Crippen molar-refractivity contribution in [3.05, 3.63) is 35.9 Å². The summed E-state index contributed by atoms with van der Waals surface area (Å²) in [6.45, 7) is 2.63. The Morgan fingerprint density at radius 1 is 1.25 bits per heavy atom. The van der Waals surface area contributed by atoms with Crippen molar-refractivity contribution in [1.82, 2.24) is 10.2 Å². The van der Waals surface area contributed by atoms with Gasteiger partial charge in [0.2, 0.25) is 0 Å². The number of carbonyl (C=O) groups excluding carboxylic acids is 1. The maximum Gasteiger partial charge on any atom is 0.410 e. The second kappa shape index (κ2) is 9.27. The first-order valence-corrected chi connectivity index (χ1v) is 8.54. The molecule has 0 spiro atoms. The third-order valence-corrected chi connectivity index (χ3v) is 4.43. The number of ether oxygens (including phenoxy) is 1. The quantitative estimate of drug-likeness (QED) is 0.801. The fourth-order valence-corrected chi connectivity index (χ4v) is 3.24. The molecular formula is C18H26N2O4. The maximum absolute atomic E-state index is 12.5. The highest BCUT2D eigenvalue weighted by Crippen LogP contribution is 2.24. The maximum atomic E-state index is 12.5. The second-order valence-electron chi connectivity index (χ2n) is 6.06. The van der Waals surface area contributed by atoms with Crippen LogP contribution in [0.25, 0.3) is 0 Å². The molecule has 1 aromatic rings. The molecule has 2 rings (SSSR count). The Hall–Kier alpha value is -2.08. The van der Waals surface area contributed by atoms with Crippen LogP contribution in [0.15, 0.2) is 30.3 Å². The number of aliphatic carboxylic acids is 1. The lowest BCUT2D eigenvalue weighted by Gasteiger charge is -2.39. The van der Waals surface area contributed by atoms with E-state index in [1.54, 1.807) is 4.90 Å². The van der Waals surface area contributed by atoms with Crippen molar-refractivity contribution in [2.24, 2.45) is 0 Å². The van der Waals surface area contributed by atoms with Gasteiger partial charge in [-0.2, -0.15) is 0 Å². The minimum absolute atomic E-state index is 0.000856. The standard InChI is InChI=1S/C18H26N2O4/c1-2-20(18(23)24-13-14-8-4-3-5-9-14)16-11-7-6-10-15(16)19-12-17(21)22/h3-5,8-9,15-16,19H,2,6-7,10-13H2,1H3,(H,21,22)/t15-,16+/m1/s1. The van der Waals surface area contributed by atoms with Crippen molar-refractivity contribution in [2.45, 2.75) is 51.3 Å². The number of hydrogen-bond acceptors (Lipinski definition) is 4. The summed E-state index contributed by atoms with van der Waals surface area (Å²) in [6.07, 6.45) is 3.49. The van der Waals surface area contributed by atoms with Gasteiger partial charge in [-0.3, -0.25) is 4.79 Å². The number of carbonyl (C=O) groups is 2. The number of hydrogen-bond donors (Lipinski definition) is 2. The van der Waals surface area contributed by atoms with Gasteiger partial charge in [0.25, 0.3) is 0 Å². The molecule has 0 heterocycles. The van der Waals surface area contributed by atoms with E-state index in [9.17, 15) is 9.59 Å². The number of likely N-dealkylation sites (N-methyl/N-ethyl adjacent to an activating group) is 1. The van der Waals surface area contributed by atoms with Crippen LogP contribution in [0.3, 0.4) is 0 Å². The topological polar surface area (TPSA) is 78.9 Å². The minimum Gasteiger partial charge on any atom is -0.480 e. The lowest BCUT2D eigenvalue weighted by Crippen LogP contribution is -2.54. The Morgan fingerprint density at radius 3 is 2.62 bits per heavy atom. The van der Waals surface area contributed by atoms with Crippen molar-refractivity contribution < 1.29 is 19.4 Å². The van der Waals surface area contributed by atoms with Gasteiger partial charge in [0.05, 0.1) is 12.6 Å². The highest BCUT2D eigenvalue weighted by atomic mass is 16.6. The smallest absolute Gasteiger partial charge is 0.410 e. The fourth-order valence-electron chi connectivity index (χ4n) is 3.24. The van der Waals surface area contributed by atoms with Gasteiger partial charge < -0.3 is 20.1 Å². The predicted octanol–water partition coefficient (Wildman–Crippen LogP) is 2.63. The van der Waals surface area contributed by atoms with Crippen LogP contribution < -0.4 is 5.32 Å². The molecule has 1 amide bonds. The monoisotopic (exact) mass is 334 g/mol. The van der Waals surface area contributed by atoms with E-state index >= 15 is 0 Å². The fraction of sp³-hybridized carbons (Fsp3) is 0.556. The van der Waals surface area contributed by atoms with E-state index in [-0.39, 0.29) is 31.3 Å². The van der Waals surface area contributed by atoms with Crippen LogP contribution in [-0.2, 0) is 16.1 Å². The zero-order valence-corrected chi connectivity index (χ0v) is 14.1. The normalized spacial score (nSPS) is 20.4. The summed E-state index contributed by atoms with van der Waals surface area (Å²) >= 11 is 0. The molecule has 132 valence electrons. The molecule has 1 aliphatic carbocycles. The molecule has 0 saturated heterocycles. The van der Waals surface area contributed by atoms with Gasteiger partial charge in [0, 0.05) is 12.6 Å². The van der Waals surface area contributed by atoms with E-state index < -0.39 is 5.97 Å². The molecule has 1 aromatic carbocycles. The summed E-state index contributed by atoms with van der Waals surface area (Å²) < 4.78 is 5.45. The molecule has 6 heteroatoms. The van der Waals surface area contributed by atoms with Crippen LogP contribution in [0.2, 0.25) is 0 Å². The zero-order chi connectivity index (χ0) is 17.4. The molecule has 6 nitrogen and oxygen atoms in total. The Morgan fingerprint density at radius 2 is 1.96 bits per heavy atom. The Kier molecular flexibility index (Phi) is 7.06. The van der Waals surface area contributed by atoms with Gasteiger partial charge in [0.15, 0.2) is 0 Å². The number of carboxylic acids is 1. The number of carboxylic acid groups (broad SMARTS) is 1. The number of rotatable bonds is 7. The summed E-state index contributed by atoms with van der Waals surface area (Å²) in [7, 11) is 0. The average molecular weight is 334 g/mol. The van der Waals surface area contributed by atoms with Crippen LogP contribution in [0, 0.1) is 0 Å². The highest BCUT2D eigenvalue weighted by Gasteiger charge is 2.33. The predicted molar refractivity (Wildman–Crippen MR) is 90.7 cm³/mol. The molecular weight excluding hydrogens is 308 g/mol. The van der Waals surface area contributed by atoms with Crippen molar-refractivity contribution >= 4 is 12.1 Å². The van der Waals surface area contributed by atoms with Crippen molar-refractivity contribution in [2.75, 3.05) is 13.1 Å². The molecule has 0 radical (unpaired) electrons. The molecule has 1 fully saturated rings. The van der Waals surface area contributed by atoms with E-state index in [0.29, 0.717) is 6.54 Å². The van der Waals surface area contributed by atoms with E-state index in [0.717, 1.165) is 31.2 Å². The second-order valence-corrected chi connectivity index (χ2v) is 6.06. The van der Waals surface area contributed by atoms with E-state index in [1.165, 1.54) is 0 Å². The van der Waals surface area contributed by atoms with Gasteiger partial charge in [-0.1, -0.05) is 43.2 Å². The van der Waals surface area contributed by atoms with Gasteiger partial charge >= 0.3 is 12.1 Å². The molecule has 2 atom stereocenters. The SMILES string of the molecule is CCN(C(=O)OCc1ccccc1)[C@H]1CCCC[C@H]1NCC(=O)O. The average Bonchev–Trinajstić information content (AvgIpc) is 2.60. The molecule has 24 heavy (non-hydrogen) atoms. The number of nitrogens with one attached hydrogen (secondary N) is 1. The summed E-state index contributed by atoms with van der Waals surface area (Å²) in [5.74, 6) is -0.881. The van der Waals surface area contributed by atoms with E-state index in [1.807, 2.05) is 37.3 Å². The highest BCUT2D eigenvalue weighted by molar-refractivity contribution is 5.69. The molecule has 0 aliphatic heterocycles. The summed E-state index contributed by atoms with van der Waals surface area (Å²) in [5, 5.41) is 11.9. The first kappa shape index (κ1) is 18.3. The molecule has 0 bridgehead atoms. The minimum atomic E-state index is -0.881. The Balaban J connectivity index is 1.95. The third-order valence-electron chi connectivity index (χ3n) is 4.43. The lowest BCUT2D eigenvalue weighted by atomic mass is 9.89. The largest absolute Gasteiger partial charge is 0.480 e. The molecule has 2 N–H and O–H groups in total. The first-order chi connectivity index (χ1) is 11.6. The Labute approximate surface area is 142 Å². The molecule has 0 unspecified atom stereocenters. The van der Waals surface area contributed by atoms with Crippen LogP contribution >= 0.6 is 0 Å². The van der Waals surface area contributed by atoms with Gasteiger partial charge in [0.1, 0.15) is 6.61 Å². The summed E-state index contributed by atoms with van der Waals surface area (Å²) in [6, 6.07) is 9.56. The van der Waals surface area contributed by atoms with Gasteiger partial charge in [-0.05, 0) is 25.3 Å². The van der Waals surface area contributed by atoms with Gasteiger partial charge in [-0.25, -0.2) is 4.79 Å². The molecule has 1 aliphatic rings. The first-order valence-electron chi connectivity index (χ1n) is 8.54. The van der Waals surface area contributed by atoms with Crippen LogP contribution in [0.1, 0.15) is 38.2 Å². The number of benzene rings is 1. The Bertz CT molecular complexity index is 535. The van der Waals surface area contributed by atoms with E-state index in [4.69, 9.17) is 9.84 Å². The van der Waals surface area contributed by atoms with Crippen molar-refractivity contribution in [3.8, 4) is 0 Å². The van der Waals surface area contributed by atoms with Crippen molar-refractivity contribution in [1.29, 1.82) is 0 Å². The van der Waals surface area contributed by atoms with Crippen LogP contribution in [0.5, 0.6) is 0 Å². The van der Waals surface area contributed by atoms with Crippen LogP contribution in [0.4, 0.5) is 4.79 Å². The summed E-state index contributed by atoms with van der Waals surface area (Å²) in [4.78, 5) is 25.0. The third kappa shape index (κ3) is 5.23. The number of amides is 1. The van der Waals surface area contributed by atoms with Crippen molar-refractivity contribution in [3.63, 3.8) is 0 Å². The summed E-state index contributed by atoms with van der Waals surface area (Å²) in [5.41, 5.74) is 0.950.